The van der Waals surface area contributed by atoms with Gasteiger partial charge in [-0.1, -0.05) is 0 Å². The van der Waals surface area contributed by atoms with E-state index in [0.29, 0.717) is 5.52 Å². The number of aliphatic hydroxyl groups is 1. The van der Waals surface area contributed by atoms with Gasteiger partial charge in [-0.25, -0.2) is 0 Å². The average Bonchev–Trinajstić information content (AvgIpc) is 2.52. The summed E-state index contributed by atoms with van der Waals surface area (Å²) < 4.78 is 2.32. The van der Waals surface area contributed by atoms with E-state index in [9.17, 15) is 9.90 Å². The second-order valence-electron chi connectivity index (χ2n) is 3.53. The number of aromatic nitrogens is 2. The highest BCUT2D eigenvalue weighted by Gasteiger charge is 2.14. The summed E-state index contributed by atoms with van der Waals surface area (Å²) in [5.74, 6) is 0. The van der Waals surface area contributed by atoms with Crippen molar-refractivity contribution in [3.05, 3.63) is 32.3 Å². The molecule has 80 valence electrons. The Balaban J connectivity index is 3.03. The molecule has 0 radical (unpaired) electrons. The first-order valence-corrected chi connectivity index (χ1v) is 5.32. The van der Waals surface area contributed by atoms with E-state index in [0.717, 1.165) is 21.1 Å². The average molecular weight is 271 g/mol. The maximum atomic E-state index is 11.8. The van der Waals surface area contributed by atoms with Crippen molar-refractivity contribution in [1.29, 1.82) is 0 Å². The van der Waals surface area contributed by atoms with Crippen LogP contribution in [-0.2, 0) is 13.7 Å². The monoisotopic (exact) mass is 270 g/mol. The lowest BCUT2D eigenvalue weighted by molar-refractivity contribution is 0.282. The van der Waals surface area contributed by atoms with Crippen molar-refractivity contribution in [3.63, 3.8) is 0 Å². The number of aliphatic hydroxyl groups excluding tert-OH is 1. The highest BCUT2D eigenvalue weighted by Crippen LogP contribution is 2.27. The molecule has 4 nitrogen and oxygen atoms in total. The van der Waals surface area contributed by atoms with Crippen LogP contribution in [0.3, 0.4) is 0 Å². The van der Waals surface area contributed by atoms with Crippen molar-refractivity contribution >= 4 is 26.8 Å². The first-order chi connectivity index (χ1) is 7.06. The molecule has 5 heteroatoms. The molecule has 0 aliphatic rings. The van der Waals surface area contributed by atoms with E-state index in [1.807, 2.05) is 6.92 Å². The van der Waals surface area contributed by atoms with E-state index in [1.54, 1.807) is 13.2 Å². The van der Waals surface area contributed by atoms with Crippen LogP contribution in [0.15, 0.2) is 15.5 Å². The molecule has 0 atom stereocenters. The fourth-order valence-electron chi connectivity index (χ4n) is 1.75. The van der Waals surface area contributed by atoms with Gasteiger partial charge in [-0.3, -0.25) is 4.79 Å². The van der Waals surface area contributed by atoms with Crippen LogP contribution in [0, 0.1) is 6.92 Å². The minimum atomic E-state index is -0.0870. The van der Waals surface area contributed by atoms with Crippen molar-refractivity contribution in [2.75, 3.05) is 0 Å². The summed E-state index contributed by atoms with van der Waals surface area (Å²) in [5.41, 5.74) is 2.05. The number of nitrogens with one attached hydrogen (secondary N) is 1. The third-order valence-electron chi connectivity index (χ3n) is 2.56. The van der Waals surface area contributed by atoms with E-state index >= 15 is 0 Å². The fourth-order valence-corrected chi connectivity index (χ4v) is 2.50. The number of fused-ring (bicyclic) bond motifs is 1. The molecule has 2 heterocycles. The topological polar surface area (TPSA) is 58.0 Å². The third kappa shape index (κ3) is 1.42. The van der Waals surface area contributed by atoms with Crippen LogP contribution >= 0.6 is 15.9 Å². The molecule has 2 aromatic heterocycles. The van der Waals surface area contributed by atoms with Gasteiger partial charge in [-0.2, -0.15) is 0 Å². The summed E-state index contributed by atoms with van der Waals surface area (Å²) in [4.78, 5) is 14.8. The smallest absolute Gasteiger partial charge is 0.274 e. The molecule has 2 aromatic rings. The van der Waals surface area contributed by atoms with Crippen LogP contribution in [0.25, 0.3) is 10.9 Å². The molecule has 0 aliphatic carbocycles. The summed E-state index contributed by atoms with van der Waals surface area (Å²) in [6, 6.07) is 0. The summed E-state index contributed by atoms with van der Waals surface area (Å²) in [6.07, 6.45) is 1.71. The van der Waals surface area contributed by atoms with Crippen molar-refractivity contribution in [2.45, 2.75) is 13.5 Å². The Kier molecular flexibility index (Phi) is 2.44. The molecule has 2 rings (SSSR count). The van der Waals surface area contributed by atoms with Gasteiger partial charge in [0.25, 0.3) is 5.56 Å². The van der Waals surface area contributed by atoms with Gasteiger partial charge in [-0.15, -0.1) is 0 Å². The van der Waals surface area contributed by atoms with Crippen LogP contribution in [-0.4, -0.2) is 14.7 Å². The number of pyridine rings is 1. The summed E-state index contributed by atoms with van der Waals surface area (Å²) in [5, 5.41) is 10.0. The molecule has 0 saturated heterocycles. The number of aryl methyl sites for hydroxylation is 2. The second-order valence-corrected chi connectivity index (χ2v) is 4.38. The van der Waals surface area contributed by atoms with E-state index in [1.165, 1.54) is 4.57 Å². The largest absolute Gasteiger partial charge is 0.392 e. The predicted octanol–water partition coefficient (Wildman–Crippen LogP) is 1.43. The molecule has 0 fully saturated rings. The predicted molar refractivity (Wildman–Crippen MR) is 61.9 cm³/mol. The van der Waals surface area contributed by atoms with Crippen LogP contribution < -0.4 is 5.56 Å². The summed E-state index contributed by atoms with van der Waals surface area (Å²) in [6.45, 7) is 1.77. The maximum absolute atomic E-state index is 11.8. The molecule has 2 N–H and O–H groups in total. The number of aromatic amines is 1. The lowest BCUT2D eigenvalue weighted by atomic mass is 10.2. The van der Waals surface area contributed by atoms with Gasteiger partial charge >= 0.3 is 0 Å². The number of halogens is 1. The zero-order chi connectivity index (χ0) is 11.2. The molecule has 0 aliphatic heterocycles. The lowest BCUT2D eigenvalue weighted by Crippen LogP contribution is -2.16. The van der Waals surface area contributed by atoms with Gasteiger partial charge in [0, 0.05) is 34.4 Å². The second kappa shape index (κ2) is 3.50. The molecule has 0 spiro atoms. The molecule has 15 heavy (non-hydrogen) atoms. The number of rotatable bonds is 1. The Labute approximate surface area is 94.7 Å². The zero-order valence-corrected chi connectivity index (χ0v) is 10.1. The molecule has 0 saturated carbocycles. The highest BCUT2D eigenvalue weighted by molar-refractivity contribution is 9.10. The van der Waals surface area contributed by atoms with Gasteiger partial charge in [0.15, 0.2) is 0 Å². The summed E-state index contributed by atoms with van der Waals surface area (Å²) >= 11 is 3.40. The molecule has 0 aromatic carbocycles. The molecular formula is C10H11BrN2O2. The molecule has 0 bridgehead atoms. The minimum Gasteiger partial charge on any atom is -0.392 e. The maximum Gasteiger partial charge on any atom is 0.274 e. The Morgan fingerprint density at radius 3 is 2.87 bits per heavy atom. The van der Waals surface area contributed by atoms with Crippen LogP contribution in [0.2, 0.25) is 0 Å². The van der Waals surface area contributed by atoms with Gasteiger partial charge < -0.3 is 14.7 Å². The van der Waals surface area contributed by atoms with Crippen LogP contribution in [0.1, 0.15) is 11.3 Å². The van der Waals surface area contributed by atoms with Crippen molar-refractivity contribution in [2.24, 2.45) is 7.05 Å². The number of H-pyrrole nitrogens is 1. The van der Waals surface area contributed by atoms with Gasteiger partial charge in [0.1, 0.15) is 5.52 Å². The van der Waals surface area contributed by atoms with Crippen molar-refractivity contribution in [3.8, 4) is 0 Å². The van der Waals surface area contributed by atoms with E-state index in [4.69, 9.17) is 0 Å². The van der Waals surface area contributed by atoms with E-state index in [2.05, 4.69) is 20.9 Å². The standard InChI is InChI=1S/C10H11BrN2O2/c1-5-6(4-14)8-7(11)3-13(2)10(15)9(8)12-5/h3,12,14H,4H2,1-2H3. The molecule has 0 amide bonds. The Morgan fingerprint density at radius 1 is 1.60 bits per heavy atom. The van der Waals surface area contributed by atoms with E-state index in [-0.39, 0.29) is 12.2 Å². The summed E-state index contributed by atoms with van der Waals surface area (Å²) in [7, 11) is 1.70. The Hall–Kier alpha value is -1.07. The normalized spacial score (nSPS) is 11.2. The van der Waals surface area contributed by atoms with E-state index < -0.39 is 0 Å². The Bertz CT molecular complexity index is 583. The Morgan fingerprint density at radius 2 is 2.27 bits per heavy atom. The first kappa shape index (κ1) is 10.4. The minimum absolute atomic E-state index is 0.0718. The first-order valence-electron chi connectivity index (χ1n) is 4.53. The molecular weight excluding hydrogens is 260 g/mol. The van der Waals surface area contributed by atoms with Crippen LogP contribution in [0.5, 0.6) is 0 Å². The number of hydrogen-bond acceptors (Lipinski definition) is 2. The fraction of sp³-hybridized carbons (Fsp3) is 0.300. The van der Waals surface area contributed by atoms with Crippen molar-refractivity contribution in [1.82, 2.24) is 9.55 Å². The van der Waals surface area contributed by atoms with Crippen molar-refractivity contribution < 1.29 is 5.11 Å². The quantitative estimate of drug-likeness (QED) is 0.824. The van der Waals surface area contributed by atoms with Gasteiger partial charge in [0.2, 0.25) is 0 Å². The van der Waals surface area contributed by atoms with Gasteiger partial charge in [-0.05, 0) is 22.9 Å². The third-order valence-corrected chi connectivity index (χ3v) is 3.16. The lowest BCUT2D eigenvalue weighted by Gasteiger charge is -2.01. The molecule has 0 unspecified atom stereocenters. The van der Waals surface area contributed by atoms with Gasteiger partial charge in [0.05, 0.1) is 6.61 Å². The highest BCUT2D eigenvalue weighted by atomic mass is 79.9. The zero-order valence-electron chi connectivity index (χ0n) is 8.47. The van der Waals surface area contributed by atoms with Crippen LogP contribution in [0.4, 0.5) is 0 Å². The number of nitrogens with zero attached hydrogens (tertiary/aromatic N) is 1. The SMILES string of the molecule is Cc1[nH]c2c(=O)n(C)cc(Br)c2c1CO. The number of hydrogen-bond donors (Lipinski definition) is 2.